The standard InChI is InChI=1S/C15H17FN2O/c1-10-8-13(5-7-15(10)19-3)18-11(2)14-6-4-12(16)9-17-14/h4-9,11,18H,1-3H3. The first-order valence-corrected chi connectivity index (χ1v) is 6.13. The van der Waals surface area contributed by atoms with Crippen LogP contribution in [0.1, 0.15) is 24.2 Å². The maximum Gasteiger partial charge on any atom is 0.141 e. The Morgan fingerprint density at radius 1 is 1.26 bits per heavy atom. The van der Waals surface area contributed by atoms with Crippen LogP contribution in [0.25, 0.3) is 0 Å². The number of methoxy groups -OCH3 is 1. The molecule has 100 valence electrons. The highest BCUT2D eigenvalue weighted by Crippen LogP contribution is 2.24. The molecule has 1 atom stereocenters. The van der Waals surface area contributed by atoms with Gasteiger partial charge in [-0.25, -0.2) is 4.39 Å². The van der Waals surface area contributed by atoms with Gasteiger partial charge < -0.3 is 10.1 Å². The zero-order valence-corrected chi connectivity index (χ0v) is 11.3. The Kier molecular flexibility index (Phi) is 4.00. The molecule has 1 heterocycles. The van der Waals surface area contributed by atoms with Gasteiger partial charge >= 0.3 is 0 Å². The van der Waals surface area contributed by atoms with Gasteiger partial charge in [-0.3, -0.25) is 4.98 Å². The van der Waals surface area contributed by atoms with Gasteiger partial charge in [0.15, 0.2) is 0 Å². The molecule has 0 saturated carbocycles. The SMILES string of the molecule is COc1ccc(NC(C)c2ccc(F)cn2)cc1C. The number of benzene rings is 1. The third-order valence-electron chi connectivity index (χ3n) is 2.97. The number of ether oxygens (including phenoxy) is 1. The number of hydrogen-bond acceptors (Lipinski definition) is 3. The molecule has 0 bridgehead atoms. The zero-order valence-electron chi connectivity index (χ0n) is 11.3. The summed E-state index contributed by atoms with van der Waals surface area (Å²) in [6, 6.07) is 8.99. The van der Waals surface area contributed by atoms with Crippen LogP contribution in [-0.4, -0.2) is 12.1 Å². The van der Waals surface area contributed by atoms with Gasteiger partial charge in [0.2, 0.25) is 0 Å². The molecule has 1 N–H and O–H groups in total. The third-order valence-corrected chi connectivity index (χ3v) is 2.97. The van der Waals surface area contributed by atoms with Crippen LogP contribution in [0.5, 0.6) is 5.75 Å². The number of halogens is 1. The molecule has 0 radical (unpaired) electrons. The predicted molar refractivity (Wildman–Crippen MR) is 74.0 cm³/mol. The second-order valence-electron chi connectivity index (χ2n) is 4.45. The van der Waals surface area contributed by atoms with E-state index in [4.69, 9.17) is 4.74 Å². The first-order chi connectivity index (χ1) is 9.10. The molecule has 19 heavy (non-hydrogen) atoms. The molecule has 0 fully saturated rings. The molecule has 0 spiro atoms. The normalized spacial score (nSPS) is 12.0. The summed E-state index contributed by atoms with van der Waals surface area (Å²) in [5, 5.41) is 3.33. The van der Waals surface area contributed by atoms with Crippen LogP contribution >= 0.6 is 0 Å². The van der Waals surface area contributed by atoms with Crippen LogP contribution in [0.3, 0.4) is 0 Å². The van der Waals surface area contributed by atoms with Crippen LogP contribution in [0, 0.1) is 12.7 Å². The van der Waals surface area contributed by atoms with Gasteiger partial charge in [0.1, 0.15) is 11.6 Å². The molecular weight excluding hydrogens is 243 g/mol. The number of nitrogens with zero attached hydrogens (tertiary/aromatic N) is 1. The molecule has 0 aliphatic carbocycles. The summed E-state index contributed by atoms with van der Waals surface area (Å²) in [6.07, 6.45) is 1.23. The minimum atomic E-state index is -0.323. The Morgan fingerprint density at radius 3 is 2.63 bits per heavy atom. The second-order valence-corrected chi connectivity index (χ2v) is 4.45. The number of anilines is 1. The van der Waals surface area contributed by atoms with Crippen molar-refractivity contribution in [2.75, 3.05) is 12.4 Å². The maximum absolute atomic E-state index is 12.8. The summed E-state index contributed by atoms with van der Waals surface area (Å²) < 4.78 is 18.0. The summed E-state index contributed by atoms with van der Waals surface area (Å²) >= 11 is 0. The second kappa shape index (κ2) is 5.69. The Morgan fingerprint density at radius 2 is 2.05 bits per heavy atom. The summed E-state index contributed by atoms with van der Waals surface area (Å²) in [5.74, 6) is 0.536. The van der Waals surface area contributed by atoms with Crippen LogP contribution in [0.2, 0.25) is 0 Å². The quantitative estimate of drug-likeness (QED) is 0.910. The highest BCUT2D eigenvalue weighted by molar-refractivity contribution is 5.51. The van der Waals surface area contributed by atoms with E-state index in [1.165, 1.54) is 12.3 Å². The lowest BCUT2D eigenvalue weighted by atomic mass is 10.1. The van der Waals surface area contributed by atoms with Crippen molar-refractivity contribution in [3.8, 4) is 5.75 Å². The van der Waals surface area contributed by atoms with Crippen molar-refractivity contribution in [1.82, 2.24) is 4.98 Å². The van der Waals surface area contributed by atoms with E-state index in [-0.39, 0.29) is 11.9 Å². The molecule has 2 rings (SSSR count). The van der Waals surface area contributed by atoms with E-state index >= 15 is 0 Å². The number of aromatic nitrogens is 1. The number of hydrogen-bond donors (Lipinski definition) is 1. The molecule has 0 aliphatic heterocycles. The lowest BCUT2D eigenvalue weighted by Gasteiger charge is -2.16. The maximum atomic E-state index is 12.8. The van der Waals surface area contributed by atoms with E-state index in [1.807, 2.05) is 32.0 Å². The molecule has 4 heteroatoms. The first kappa shape index (κ1) is 13.3. The van der Waals surface area contributed by atoms with Gasteiger partial charge in [0.05, 0.1) is 25.0 Å². The molecule has 0 aliphatic rings. The van der Waals surface area contributed by atoms with Crippen molar-refractivity contribution < 1.29 is 9.13 Å². The highest BCUT2D eigenvalue weighted by Gasteiger charge is 2.08. The Balaban J connectivity index is 2.12. The van der Waals surface area contributed by atoms with Crippen molar-refractivity contribution >= 4 is 5.69 Å². The van der Waals surface area contributed by atoms with Gasteiger partial charge in [0, 0.05) is 5.69 Å². The molecule has 1 unspecified atom stereocenters. The zero-order chi connectivity index (χ0) is 13.8. The molecule has 1 aromatic heterocycles. The highest BCUT2D eigenvalue weighted by atomic mass is 19.1. The van der Waals surface area contributed by atoms with Gasteiger partial charge in [-0.15, -0.1) is 0 Å². The Hall–Kier alpha value is -2.10. The summed E-state index contributed by atoms with van der Waals surface area (Å²) in [4.78, 5) is 4.07. The topological polar surface area (TPSA) is 34.1 Å². The van der Waals surface area contributed by atoms with E-state index in [1.54, 1.807) is 13.2 Å². The fourth-order valence-electron chi connectivity index (χ4n) is 1.94. The molecule has 3 nitrogen and oxygen atoms in total. The Labute approximate surface area is 112 Å². The van der Waals surface area contributed by atoms with Crippen LogP contribution in [0.4, 0.5) is 10.1 Å². The summed E-state index contributed by atoms with van der Waals surface area (Å²) in [7, 11) is 1.65. The van der Waals surface area contributed by atoms with Gasteiger partial charge in [-0.05, 0) is 49.7 Å². The summed E-state index contributed by atoms with van der Waals surface area (Å²) in [5.41, 5.74) is 2.85. The van der Waals surface area contributed by atoms with Crippen molar-refractivity contribution in [3.05, 3.63) is 53.6 Å². The monoisotopic (exact) mass is 260 g/mol. The van der Waals surface area contributed by atoms with Crippen molar-refractivity contribution in [3.63, 3.8) is 0 Å². The minimum Gasteiger partial charge on any atom is -0.496 e. The van der Waals surface area contributed by atoms with Crippen LogP contribution < -0.4 is 10.1 Å². The fourth-order valence-corrected chi connectivity index (χ4v) is 1.94. The van der Waals surface area contributed by atoms with Crippen molar-refractivity contribution in [2.45, 2.75) is 19.9 Å². The van der Waals surface area contributed by atoms with E-state index in [0.717, 1.165) is 22.7 Å². The largest absolute Gasteiger partial charge is 0.496 e. The van der Waals surface area contributed by atoms with E-state index in [2.05, 4.69) is 10.3 Å². The molecule has 1 aromatic carbocycles. The fraction of sp³-hybridized carbons (Fsp3) is 0.267. The molecule has 0 saturated heterocycles. The van der Waals surface area contributed by atoms with Gasteiger partial charge in [-0.1, -0.05) is 0 Å². The van der Waals surface area contributed by atoms with E-state index in [9.17, 15) is 4.39 Å². The lowest BCUT2D eigenvalue weighted by molar-refractivity contribution is 0.412. The predicted octanol–water partition coefficient (Wildman–Crippen LogP) is 3.71. The number of nitrogens with one attached hydrogen (secondary N) is 1. The van der Waals surface area contributed by atoms with Crippen molar-refractivity contribution in [2.24, 2.45) is 0 Å². The number of rotatable bonds is 4. The van der Waals surface area contributed by atoms with Crippen LogP contribution in [0.15, 0.2) is 36.5 Å². The average molecular weight is 260 g/mol. The van der Waals surface area contributed by atoms with Crippen molar-refractivity contribution in [1.29, 1.82) is 0 Å². The van der Waals surface area contributed by atoms with Gasteiger partial charge in [-0.2, -0.15) is 0 Å². The van der Waals surface area contributed by atoms with E-state index < -0.39 is 0 Å². The Bertz CT molecular complexity index is 555. The smallest absolute Gasteiger partial charge is 0.141 e. The molecule has 2 aromatic rings. The third kappa shape index (κ3) is 3.22. The molecular formula is C15H17FN2O. The molecule has 0 amide bonds. The van der Waals surface area contributed by atoms with Crippen LogP contribution in [-0.2, 0) is 0 Å². The number of aryl methyl sites for hydroxylation is 1. The first-order valence-electron chi connectivity index (χ1n) is 6.13. The summed E-state index contributed by atoms with van der Waals surface area (Å²) in [6.45, 7) is 3.98. The average Bonchev–Trinajstić information content (AvgIpc) is 2.39. The minimum absolute atomic E-state index is 0.00777. The van der Waals surface area contributed by atoms with E-state index in [0.29, 0.717) is 0 Å². The number of pyridine rings is 1. The lowest BCUT2D eigenvalue weighted by Crippen LogP contribution is -2.08. The van der Waals surface area contributed by atoms with Gasteiger partial charge in [0.25, 0.3) is 0 Å².